The Balaban J connectivity index is 0.985. The summed E-state index contributed by atoms with van der Waals surface area (Å²) in [6.45, 7) is 0. The summed E-state index contributed by atoms with van der Waals surface area (Å²) in [4.78, 5) is 21.5. The number of aromatic nitrogens is 6. The number of hydrogen-bond donors (Lipinski definition) is 0. The molecule has 0 atom stereocenters. The van der Waals surface area contributed by atoms with Crippen molar-refractivity contribution in [1.29, 1.82) is 0 Å². The number of rotatable bonds is 7. The molecule has 0 saturated heterocycles. The predicted molar refractivity (Wildman–Crippen MR) is 319 cm³/mol. The van der Waals surface area contributed by atoms with Gasteiger partial charge < -0.3 is 9.13 Å². The van der Waals surface area contributed by atoms with Crippen molar-refractivity contribution < 1.29 is 0 Å². The molecule has 0 fully saturated rings. The molecule has 0 bridgehead atoms. The molecule has 6 nitrogen and oxygen atoms in total. The molecule has 8 heteroatoms. The molecular formula is C68H40N6S2. The van der Waals surface area contributed by atoms with E-state index in [1.807, 2.05) is 65.3 Å². The number of para-hydroxylation sites is 4. The maximum atomic E-state index is 5.60. The number of thiophene rings is 2. The van der Waals surface area contributed by atoms with Gasteiger partial charge in [0.05, 0.1) is 27.8 Å². The Labute approximate surface area is 443 Å². The Morgan fingerprint density at radius 2 is 0.803 bits per heavy atom. The molecule has 0 aliphatic rings. The third-order valence-corrected chi connectivity index (χ3v) is 17.3. The Morgan fingerprint density at radius 1 is 0.303 bits per heavy atom. The second kappa shape index (κ2) is 17.0. The molecule has 0 aliphatic carbocycles. The fourth-order valence-corrected chi connectivity index (χ4v) is 13.9. The minimum absolute atomic E-state index is 0.549. The van der Waals surface area contributed by atoms with Crippen LogP contribution < -0.4 is 0 Å². The normalized spacial score (nSPS) is 11.9. The molecule has 16 rings (SSSR count). The summed E-state index contributed by atoms with van der Waals surface area (Å²) < 4.78 is 9.75. The van der Waals surface area contributed by atoms with Crippen molar-refractivity contribution in [2.75, 3.05) is 0 Å². The lowest BCUT2D eigenvalue weighted by Gasteiger charge is -2.15. The van der Waals surface area contributed by atoms with Gasteiger partial charge >= 0.3 is 0 Å². The highest BCUT2D eigenvalue weighted by Crippen LogP contribution is 2.49. The first-order valence-corrected chi connectivity index (χ1v) is 27.1. The Bertz CT molecular complexity index is 4920. The van der Waals surface area contributed by atoms with Crippen LogP contribution in [0.3, 0.4) is 0 Å². The molecule has 0 amide bonds. The average molecular weight is 1010 g/mol. The minimum atomic E-state index is 0.549. The zero-order valence-corrected chi connectivity index (χ0v) is 42.2. The standard InChI is InChI=1S/C68H40N6S2/c1-5-18-41(19-6-1)66-70-67(42-20-7-2-8-21-42)72-68(71-66)53-39-44(43-32-35-56-52(38-43)61-58(75-56)36-33-49-47-26-13-15-29-54(47)73(64(49)61)45-22-9-3-10-23-45)40-69-63(53)51-28-17-31-57-60(51)62-59(76-57)37-34-50-48-27-14-16-30-55(48)74(65(50)62)46-24-11-4-12-25-46/h1-40H. The fraction of sp³-hybridized carbons (Fsp3) is 0. The van der Waals surface area contributed by atoms with Gasteiger partial charge in [0.15, 0.2) is 17.5 Å². The molecule has 0 N–H and O–H groups in total. The van der Waals surface area contributed by atoms with Crippen molar-refractivity contribution in [2.45, 2.75) is 0 Å². The second-order valence-electron chi connectivity index (χ2n) is 19.3. The van der Waals surface area contributed by atoms with Gasteiger partial charge in [-0.05, 0) is 78.4 Å². The van der Waals surface area contributed by atoms with Crippen molar-refractivity contribution in [2.24, 2.45) is 0 Å². The van der Waals surface area contributed by atoms with E-state index in [4.69, 9.17) is 19.9 Å². The van der Waals surface area contributed by atoms with Gasteiger partial charge in [-0.15, -0.1) is 22.7 Å². The first-order chi connectivity index (χ1) is 37.7. The molecule has 10 aromatic carbocycles. The van der Waals surface area contributed by atoms with E-state index in [2.05, 4.69) is 209 Å². The van der Waals surface area contributed by atoms with Gasteiger partial charge in [0, 0.05) is 107 Å². The van der Waals surface area contributed by atoms with Gasteiger partial charge in [-0.25, -0.2) is 15.0 Å². The van der Waals surface area contributed by atoms with E-state index in [1.54, 1.807) is 0 Å². The van der Waals surface area contributed by atoms with Gasteiger partial charge in [-0.3, -0.25) is 4.98 Å². The zero-order valence-electron chi connectivity index (χ0n) is 40.6. The average Bonchev–Trinajstić information content (AvgIpc) is 4.42. The highest BCUT2D eigenvalue weighted by molar-refractivity contribution is 7.26. The molecule has 16 aromatic rings. The molecular weight excluding hydrogens is 965 g/mol. The SMILES string of the molecule is c1ccc(-c2nc(-c3ccccc3)nc(-c3cc(-c4ccc5sc6ccc7c8ccccc8n(-c8ccccc8)c7c6c5c4)cnc3-c3cccc4sc5ccc6c7ccccc7n(-c7ccccc7)c6c5c34)n2)cc1. The van der Waals surface area contributed by atoms with Crippen molar-refractivity contribution in [1.82, 2.24) is 29.1 Å². The molecule has 0 saturated carbocycles. The minimum Gasteiger partial charge on any atom is -0.309 e. The molecule has 76 heavy (non-hydrogen) atoms. The van der Waals surface area contributed by atoms with Crippen LogP contribution in [-0.4, -0.2) is 29.1 Å². The molecule has 354 valence electrons. The summed E-state index contributed by atoms with van der Waals surface area (Å²) in [7, 11) is 0. The van der Waals surface area contributed by atoms with Crippen LogP contribution in [-0.2, 0) is 0 Å². The molecule has 0 aliphatic heterocycles. The Kier molecular flexibility index (Phi) is 9.57. The van der Waals surface area contributed by atoms with Crippen molar-refractivity contribution in [3.05, 3.63) is 243 Å². The van der Waals surface area contributed by atoms with Crippen molar-refractivity contribution in [3.8, 4) is 67.9 Å². The van der Waals surface area contributed by atoms with Crippen molar-refractivity contribution in [3.63, 3.8) is 0 Å². The van der Waals surface area contributed by atoms with Gasteiger partial charge in [-0.2, -0.15) is 0 Å². The number of hydrogen-bond acceptors (Lipinski definition) is 6. The monoisotopic (exact) mass is 1000 g/mol. The lowest BCUT2D eigenvalue weighted by Crippen LogP contribution is -2.02. The summed E-state index contributed by atoms with van der Waals surface area (Å²) in [6, 6.07) is 84.4. The maximum absolute atomic E-state index is 5.60. The van der Waals surface area contributed by atoms with E-state index in [-0.39, 0.29) is 0 Å². The second-order valence-corrected chi connectivity index (χ2v) is 21.5. The van der Waals surface area contributed by atoms with Crippen LogP contribution >= 0.6 is 22.7 Å². The smallest absolute Gasteiger partial charge is 0.166 e. The predicted octanol–water partition coefficient (Wildman–Crippen LogP) is 18.5. The van der Waals surface area contributed by atoms with Gasteiger partial charge in [0.2, 0.25) is 0 Å². The van der Waals surface area contributed by atoms with Crippen LogP contribution in [0.25, 0.3) is 152 Å². The number of pyridine rings is 1. The molecule has 0 spiro atoms. The number of nitrogens with zero attached hydrogens (tertiary/aromatic N) is 6. The number of benzene rings is 10. The van der Waals surface area contributed by atoms with Crippen LogP contribution in [0, 0.1) is 0 Å². The summed E-state index contributed by atoms with van der Waals surface area (Å²) in [5.41, 5.74) is 13.5. The lowest BCUT2D eigenvalue weighted by atomic mass is 9.96. The van der Waals surface area contributed by atoms with Crippen LogP contribution in [0.5, 0.6) is 0 Å². The van der Waals surface area contributed by atoms with Crippen LogP contribution in [0.4, 0.5) is 0 Å². The third-order valence-electron chi connectivity index (χ3n) is 15.0. The van der Waals surface area contributed by atoms with Crippen molar-refractivity contribution >= 4 is 107 Å². The fourth-order valence-electron chi connectivity index (χ4n) is 11.7. The van der Waals surface area contributed by atoms with E-state index in [9.17, 15) is 0 Å². The third kappa shape index (κ3) is 6.58. The summed E-state index contributed by atoms with van der Waals surface area (Å²) in [5.74, 6) is 1.74. The summed E-state index contributed by atoms with van der Waals surface area (Å²) in [5, 5.41) is 9.70. The molecule has 0 radical (unpaired) electrons. The zero-order chi connectivity index (χ0) is 49.8. The highest BCUT2D eigenvalue weighted by atomic mass is 32.1. The first-order valence-electron chi connectivity index (χ1n) is 25.4. The topological polar surface area (TPSA) is 61.4 Å². The lowest BCUT2D eigenvalue weighted by molar-refractivity contribution is 1.07. The van der Waals surface area contributed by atoms with E-state index < -0.39 is 0 Å². The quantitative estimate of drug-likeness (QED) is 0.160. The van der Waals surface area contributed by atoms with Crippen LogP contribution in [0.1, 0.15) is 0 Å². The van der Waals surface area contributed by atoms with Gasteiger partial charge in [0.25, 0.3) is 0 Å². The first kappa shape index (κ1) is 42.9. The van der Waals surface area contributed by atoms with E-state index in [0.29, 0.717) is 17.5 Å². The largest absolute Gasteiger partial charge is 0.309 e. The van der Waals surface area contributed by atoms with E-state index >= 15 is 0 Å². The van der Waals surface area contributed by atoms with Gasteiger partial charge in [0.1, 0.15) is 0 Å². The molecule has 6 heterocycles. The van der Waals surface area contributed by atoms with Gasteiger partial charge in [-0.1, -0.05) is 164 Å². The molecule has 6 aromatic heterocycles. The summed E-state index contributed by atoms with van der Waals surface area (Å²) >= 11 is 3.66. The highest BCUT2D eigenvalue weighted by Gasteiger charge is 2.25. The van der Waals surface area contributed by atoms with Crippen LogP contribution in [0.2, 0.25) is 0 Å². The van der Waals surface area contributed by atoms with Crippen LogP contribution in [0.15, 0.2) is 243 Å². The summed E-state index contributed by atoms with van der Waals surface area (Å²) in [6.07, 6.45) is 2.05. The maximum Gasteiger partial charge on any atom is 0.166 e. The van der Waals surface area contributed by atoms with E-state index in [1.165, 1.54) is 78.6 Å². The van der Waals surface area contributed by atoms with E-state index in [0.717, 1.165) is 55.8 Å². The number of fused-ring (bicyclic) bond motifs is 14. The molecule has 0 unspecified atom stereocenters. The Morgan fingerprint density at radius 3 is 1.42 bits per heavy atom. The Hall–Kier alpha value is -9.60.